The van der Waals surface area contributed by atoms with Gasteiger partial charge in [0, 0.05) is 36.7 Å². The summed E-state index contributed by atoms with van der Waals surface area (Å²) in [5.74, 6) is 1.06. The molecule has 0 bridgehead atoms. The SMILES string of the molecule is CC(N)CSC1CCOC2(CCOC2)C1. The maximum Gasteiger partial charge on any atom is 0.0947 e. The summed E-state index contributed by atoms with van der Waals surface area (Å²) in [5, 5.41) is 0.714. The van der Waals surface area contributed by atoms with E-state index in [1.165, 1.54) is 6.42 Å². The van der Waals surface area contributed by atoms with Crippen molar-refractivity contribution in [1.82, 2.24) is 0 Å². The van der Waals surface area contributed by atoms with Crippen LogP contribution in [0.2, 0.25) is 0 Å². The molecular formula is C11H21NO2S. The van der Waals surface area contributed by atoms with E-state index in [1.54, 1.807) is 0 Å². The Balaban J connectivity index is 1.81. The van der Waals surface area contributed by atoms with E-state index in [2.05, 4.69) is 6.92 Å². The van der Waals surface area contributed by atoms with Crippen LogP contribution in [-0.4, -0.2) is 42.5 Å². The molecule has 2 aliphatic heterocycles. The Kier molecular flexibility index (Phi) is 3.93. The topological polar surface area (TPSA) is 44.5 Å². The minimum atomic E-state index is 0.0494. The highest BCUT2D eigenvalue weighted by atomic mass is 32.2. The molecule has 3 unspecified atom stereocenters. The Hall–Kier alpha value is 0.230. The second-order valence-electron chi connectivity index (χ2n) is 4.76. The molecule has 88 valence electrons. The van der Waals surface area contributed by atoms with E-state index in [0.29, 0.717) is 11.3 Å². The Morgan fingerprint density at radius 3 is 3.07 bits per heavy atom. The van der Waals surface area contributed by atoms with Crippen molar-refractivity contribution in [3.05, 3.63) is 0 Å². The quantitative estimate of drug-likeness (QED) is 0.797. The average molecular weight is 231 g/mol. The first kappa shape index (κ1) is 11.7. The van der Waals surface area contributed by atoms with Gasteiger partial charge in [-0.2, -0.15) is 11.8 Å². The van der Waals surface area contributed by atoms with Crippen LogP contribution in [0.3, 0.4) is 0 Å². The van der Waals surface area contributed by atoms with Crippen LogP contribution in [0.25, 0.3) is 0 Å². The standard InChI is InChI=1S/C11H21NO2S/c1-9(12)7-15-10-2-4-14-11(6-10)3-5-13-8-11/h9-10H,2-8,12H2,1H3. The summed E-state index contributed by atoms with van der Waals surface area (Å²) in [6.45, 7) is 4.62. The monoisotopic (exact) mass is 231 g/mol. The van der Waals surface area contributed by atoms with Crippen LogP contribution in [0.1, 0.15) is 26.2 Å². The van der Waals surface area contributed by atoms with Crippen LogP contribution >= 0.6 is 11.8 Å². The van der Waals surface area contributed by atoms with Gasteiger partial charge in [-0.25, -0.2) is 0 Å². The molecule has 0 aromatic carbocycles. The number of rotatable bonds is 3. The summed E-state index contributed by atoms with van der Waals surface area (Å²) in [6, 6.07) is 0.300. The first-order chi connectivity index (χ1) is 7.20. The van der Waals surface area contributed by atoms with E-state index < -0.39 is 0 Å². The van der Waals surface area contributed by atoms with Gasteiger partial charge < -0.3 is 15.2 Å². The van der Waals surface area contributed by atoms with Crippen molar-refractivity contribution < 1.29 is 9.47 Å². The van der Waals surface area contributed by atoms with Gasteiger partial charge in [0.05, 0.1) is 12.2 Å². The number of hydrogen-bond donors (Lipinski definition) is 1. The third-order valence-electron chi connectivity index (χ3n) is 3.11. The van der Waals surface area contributed by atoms with Gasteiger partial charge in [0.25, 0.3) is 0 Å². The molecule has 2 N–H and O–H groups in total. The van der Waals surface area contributed by atoms with Crippen molar-refractivity contribution in [3.63, 3.8) is 0 Å². The summed E-state index contributed by atoms with van der Waals surface area (Å²) in [7, 11) is 0. The predicted molar refractivity (Wildman–Crippen MR) is 63.2 cm³/mol. The lowest BCUT2D eigenvalue weighted by atomic mass is 9.93. The van der Waals surface area contributed by atoms with Crippen LogP contribution in [0.15, 0.2) is 0 Å². The Bertz CT molecular complexity index is 205. The van der Waals surface area contributed by atoms with Gasteiger partial charge in [-0.15, -0.1) is 0 Å². The van der Waals surface area contributed by atoms with Gasteiger partial charge in [-0.05, 0) is 19.8 Å². The lowest BCUT2D eigenvalue weighted by Crippen LogP contribution is -2.41. The van der Waals surface area contributed by atoms with Gasteiger partial charge in [-0.1, -0.05) is 0 Å². The van der Waals surface area contributed by atoms with Crippen LogP contribution in [0.4, 0.5) is 0 Å². The molecule has 2 heterocycles. The van der Waals surface area contributed by atoms with Gasteiger partial charge in [0.1, 0.15) is 0 Å². The Labute approximate surface area is 96.1 Å². The molecule has 0 radical (unpaired) electrons. The zero-order chi connectivity index (χ0) is 10.7. The lowest BCUT2D eigenvalue weighted by molar-refractivity contribution is -0.0769. The van der Waals surface area contributed by atoms with E-state index in [1.807, 2.05) is 11.8 Å². The maximum absolute atomic E-state index is 5.89. The lowest BCUT2D eigenvalue weighted by Gasteiger charge is -2.37. The van der Waals surface area contributed by atoms with E-state index in [0.717, 1.165) is 38.4 Å². The smallest absolute Gasteiger partial charge is 0.0947 e. The second kappa shape index (κ2) is 5.04. The molecule has 3 atom stereocenters. The molecule has 0 aromatic heterocycles. The van der Waals surface area contributed by atoms with E-state index in [9.17, 15) is 0 Å². The minimum Gasteiger partial charge on any atom is -0.378 e. The van der Waals surface area contributed by atoms with Crippen LogP contribution < -0.4 is 5.73 Å². The highest BCUT2D eigenvalue weighted by Gasteiger charge is 2.40. The molecule has 2 fully saturated rings. The van der Waals surface area contributed by atoms with Gasteiger partial charge in [0.15, 0.2) is 0 Å². The summed E-state index contributed by atoms with van der Waals surface area (Å²) in [6.07, 6.45) is 3.38. The second-order valence-corrected chi connectivity index (χ2v) is 6.09. The van der Waals surface area contributed by atoms with Crippen molar-refractivity contribution in [1.29, 1.82) is 0 Å². The Morgan fingerprint density at radius 1 is 1.53 bits per heavy atom. The van der Waals surface area contributed by atoms with E-state index >= 15 is 0 Å². The number of nitrogens with two attached hydrogens (primary N) is 1. The number of ether oxygens (including phenoxy) is 2. The molecule has 3 nitrogen and oxygen atoms in total. The van der Waals surface area contributed by atoms with E-state index in [4.69, 9.17) is 15.2 Å². The highest BCUT2D eigenvalue weighted by Crippen LogP contribution is 2.37. The molecule has 0 saturated carbocycles. The molecule has 1 spiro atoms. The summed E-state index contributed by atoms with van der Waals surface area (Å²) in [4.78, 5) is 0. The van der Waals surface area contributed by atoms with Gasteiger partial charge >= 0.3 is 0 Å². The molecule has 2 rings (SSSR count). The van der Waals surface area contributed by atoms with Gasteiger partial charge in [-0.3, -0.25) is 0 Å². The highest BCUT2D eigenvalue weighted by molar-refractivity contribution is 7.99. The van der Waals surface area contributed by atoms with Crippen LogP contribution in [0.5, 0.6) is 0 Å². The summed E-state index contributed by atoms with van der Waals surface area (Å²) >= 11 is 2.01. The first-order valence-corrected chi connectivity index (χ1v) is 6.84. The normalized spacial score (nSPS) is 38.4. The molecule has 15 heavy (non-hydrogen) atoms. The maximum atomic E-state index is 5.89. The molecule has 0 aromatic rings. The zero-order valence-electron chi connectivity index (χ0n) is 9.41. The fraction of sp³-hybridized carbons (Fsp3) is 1.00. The van der Waals surface area contributed by atoms with Gasteiger partial charge in [0.2, 0.25) is 0 Å². The predicted octanol–water partition coefficient (Wildman–Crippen LogP) is 1.40. The summed E-state index contributed by atoms with van der Waals surface area (Å²) < 4.78 is 11.3. The van der Waals surface area contributed by atoms with Crippen molar-refractivity contribution in [2.75, 3.05) is 25.6 Å². The number of hydrogen-bond acceptors (Lipinski definition) is 4. The molecule has 2 saturated heterocycles. The summed E-state index contributed by atoms with van der Waals surface area (Å²) in [5.41, 5.74) is 5.83. The third-order valence-corrected chi connectivity index (χ3v) is 4.70. The van der Waals surface area contributed by atoms with Crippen molar-refractivity contribution in [2.45, 2.75) is 43.1 Å². The van der Waals surface area contributed by atoms with E-state index in [-0.39, 0.29) is 5.60 Å². The molecule has 2 aliphatic rings. The third kappa shape index (κ3) is 3.09. The molecule has 4 heteroatoms. The molecule has 0 aliphatic carbocycles. The number of thioether (sulfide) groups is 1. The minimum absolute atomic E-state index is 0.0494. The van der Waals surface area contributed by atoms with Crippen molar-refractivity contribution in [3.8, 4) is 0 Å². The Morgan fingerprint density at radius 2 is 2.40 bits per heavy atom. The van der Waals surface area contributed by atoms with Crippen molar-refractivity contribution >= 4 is 11.8 Å². The van der Waals surface area contributed by atoms with Crippen LogP contribution in [0, 0.1) is 0 Å². The van der Waals surface area contributed by atoms with Crippen molar-refractivity contribution in [2.24, 2.45) is 5.73 Å². The zero-order valence-corrected chi connectivity index (χ0v) is 10.2. The first-order valence-electron chi connectivity index (χ1n) is 5.79. The fourth-order valence-corrected chi connectivity index (χ4v) is 3.54. The fourth-order valence-electron chi connectivity index (χ4n) is 2.28. The average Bonchev–Trinajstić information content (AvgIpc) is 2.63. The largest absolute Gasteiger partial charge is 0.378 e. The molecule has 0 amide bonds. The van der Waals surface area contributed by atoms with Crippen LogP contribution in [-0.2, 0) is 9.47 Å². The molecular weight excluding hydrogens is 210 g/mol.